The molecule has 2 aromatic carbocycles. The highest BCUT2D eigenvalue weighted by Crippen LogP contribution is 2.26. The summed E-state index contributed by atoms with van der Waals surface area (Å²) >= 11 is 0. The van der Waals surface area contributed by atoms with Gasteiger partial charge in [-0.25, -0.2) is 8.42 Å². The first-order chi connectivity index (χ1) is 16.8. The van der Waals surface area contributed by atoms with Crippen LogP contribution in [0.1, 0.15) is 18.7 Å². The topological polar surface area (TPSA) is 115 Å². The number of ether oxygens (including phenoxy) is 2. The van der Waals surface area contributed by atoms with Crippen molar-refractivity contribution in [3.63, 3.8) is 0 Å². The highest BCUT2D eigenvalue weighted by Gasteiger charge is 2.33. The van der Waals surface area contributed by atoms with Crippen LogP contribution in [0.25, 0.3) is 11.4 Å². The molecular weight excluding hydrogens is 472 g/mol. The quantitative estimate of drug-likeness (QED) is 0.464. The summed E-state index contributed by atoms with van der Waals surface area (Å²) in [4.78, 5) is 19.1. The second-order valence-corrected chi connectivity index (χ2v) is 10.2. The van der Waals surface area contributed by atoms with Gasteiger partial charge in [0.2, 0.25) is 27.6 Å². The van der Waals surface area contributed by atoms with E-state index < -0.39 is 10.0 Å². The lowest BCUT2D eigenvalue weighted by Gasteiger charge is -2.32. The molecule has 0 aliphatic carbocycles. The monoisotopic (exact) mass is 500 g/mol. The van der Waals surface area contributed by atoms with Crippen molar-refractivity contribution in [2.45, 2.75) is 24.3 Å². The Morgan fingerprint density at radius 1 is 1.03 bits per heavy atom. The number of aromatic nitrogens is 2. The van der Waals surface area contributed by atoms with Crippen LogP contribution in [0.15, 0.2) is 57.9 Å². The number of rotatable bonds is 8. The number of carbonyl (C=O) groups is 1. The van der Waals surface area contributed by atoms with Gasteiger partial charge in [0.25, 0.3) is 0 Å². The van der Waals surface area contributed by atoms with Crippen LogP contribution in [0.2, 0.25) is 0 Å². The van der Waals surface area contributed by atoms with Crippen molar-refractivity contribution in [2.24, 2.45) is 5.92 Å². The first-order valence-electron chi connectivity index (χ1n) is 11.2. The summed E-state index contributed by atoms with van der Waals surface area (Å²) in [5.74, 6) is 1.73. The van der Waals surface area contributed by atoms with Crippen LogP contribution in [0.3, 0.4) is 0 Å². The van der Waals surface area contributed by atoms with Crippen LogP contribution in [0.4, 0.5) is 0 Å². The van der Waals surface area contributed by atoms with Gasteiger partial charge in [-0.15, -0.1) is 0 Å². The van der Waals surface area contributed by atoms with E-state index in [-0.39, 0.29) is 36.4 Å². The Morgan fingerprint density at radius 2 is 1.60 bits per heavy atom. The smallest absolute Gasteiger partial charge is 0.246 e. The van der Waals surface area contributed by atoms with Crippen molar-refractivity contribution in [1.29, 1.82) is 0 Å². The minimum Gasteiger partial charge on any atom is -0.497 e. The van der Waals surface area contributed by atoms with E-state index in [0.717, 1.165) is 11.3 Å². The number of amides is 1. The third kappa shape index (κ3) is 5.46. The SMILES string of the molecule is COc1ccc(-c2noc(CN(C)C(=O)C3CCN(S(=O)(=O)c4ccc(OC)cc4)CC3)n2)cc1. The summed E-state index contributed by atoms with van der Waals surface area (Å²) < 4.78 is 42.9. The number of benzene rings is 2. The lowest BCUT2D eigenvalue weighted by molar-refractivity contribution is -0.136. The van der Waals surface area contributed by atoms with E-state index in [2.05, 4.69) is 10.1 Å². The minimum absolute atomic E-state index is 0.0734. The van der Waals surface area contributed by atoms with E-state index >= 15 is 0 Å². The Labute approximate surface area is 204 Å². The molecule has 4 rings (SSSR count). The summed E-state index contributed by atoms with van der Waals surface area (Å²) in [6.07, 6.45) is 0.888. The van der Waals surface area contributed by atoms with Gasteiger partial charge in [-0.2, -0.15) is 9.29 Å². The molecule has 0 saturated carbocycles. The Balaban J connectivity index is 1.33. The normalized spacial score (nSPS) is 15.1. The first kappa shape index (κ1) is 24.7. The molecule has 1 aliphatic rings. The fourth-order valence-electron chi connectivity index (χ4n) is 4.01. The fourth-order valence-corrected chi connectivity index (χ4v) is 5.48. The van der Waals surface area contributed by atoms with Crippen molar-refractivity contribution < 1.29 is 27.2 Å². The average molecular weight is 501 g/mol. The lowest BCUT2D eigenvalue weighted by atomic mass is 9.97. The maximum Gasteiger partial charge on any atom is 0.246 e. The van der Waals surface area contributed by atoms with Crippen molar-refractivity contribution in [3.05, 3.63) is 54.4 Å². The number of sulfonamides is 1. The maximum atomic E-state index is 13.0. The molecule has 11 heteroatoms. The zero-order chi connectivity index (χ0) is 25.0. The minimum atomic E-state index is -3.62. The van der Waals surface area contributed by atoms with Gasteiger partial charge in [0.05, 0.1) is 25.7 Å². The van der Waals surface area contributed by atoms with Gasteiger partial charge in [0, 0.05) is 31.6 Å². The Morgan fingerprint density at radius 3 is 2.17 bits per heavy atom. The molecule has 0 radical (unpaired) electrons. The van der Waals surface area contributed by atoms with Crippen LogP contribution in [-0.4, -0.2) is 68.0 Å². The molecule has 0 N–H and O–H groups in total. The van der Waals surface area contributed by atoms with Crippen molar-refractivity contribution in [2.75, 3.05) is 34.4 Å². The van der Waals surface area contributed by atoms with Gasteiger partial charge in [0.1, 0.15) is 11.5 Å². The Kier molecular flexibility index (Phi) is 7.37. The molecule has 1 fully saturated rings. The van der Waals surface area contributed by atoms with Crippen LogP contribution in [-0.2, 0) is 21.4 Å². The molecule has 2 heterocycles. The largest absolute Gasteiger partial charge is 0.497 e. The predicted molar refractivity (Wildman–Crippen MR) is 127 cm³/mol. The van der Waals surface area contributed by atoms with Crippen LogP contribution in [0, 0.1) is 5.92 Å². The van der Waals surface area contributed by atoms with Gasteiger partial charge >= 0.3 is 0 Å². The molecule has 0 unspecified atom stereocenters. The van der Waals surface area contributed by atoms with E-state index in [9.17, 15) is 13.2 Å². The number of methoxy groups -OCH3 is 2. The van der Waals surface area contributed by atoms with Crippen molar-refractivity contribution in [1.82, 2.24) is 19.3 Å². The van der Waals surface area contributed by atoms with Gasteiger partial charge in [-0.3, -0.25) is 4.79 Å². The van der Waals surface area contributed by atoms with Gasteiger partial charge in [0.15, 0.2) is 0 Å². The van der Waals surface area contributed by atoms with E-state index in [0.29, 0.717) is 30.3 Å². The molecular formula is C24H28N4O6S. The zero-order valence-electron chi connectivity index (χ0n) is 19.9. The Hall–Kier alpha value is -3.44. The molecule has 1 saturated heterocycles. The molecule has 0 spiro atoms. The number of hydrogen-bond donors (Lipinski definition) is 0. The maximum absolute atomic E-state index is 13.0. The molecule has 1 aliphatic heterocycles. The molecule has 186 valence electrons. The number of hydrogen-bond acceptors (Lipinski definition) is 8. The van der Waals surface area contributed by atoms with E-state index in [4.69, 9.17) is 14.0 Å². The van der Waals surface area contributed by atoms with Gasteiger partial charge < -0.3 is 18.9 Å². The molecule has 0 bridgehead atoms. The Bertz CT molecular complexity index is 1250. The number of piperidine rings is 1. The van der Waals surface area contributed by atoms with E-state index in [1.54, 1.807) is 31.2 Å². The number of nitrogens with zero attached hydrogens (tertiary/aromatic N) is 4. The second-order valence-electron chi connectivity index (χ2n) is 8.29. The van der Waals surface area contributed by atoms with E-state index in [1.165, 1.54) is 23.5 Å². The molecule has 3 aromatic rings. The highest BCUT2D eigenvalue weighted by atomic mass is 32.2. The first-order valence-corrected chi connectivity index (χ1v) is 12.6. The molecule has 0 atom stereocenters. The summed E-state index contributed by atoms with van der Waals surface area (Å²) in [7, 11) is 1.18. The average Bonchev–Trinajstić information content (AvgIpc) is 3.36. The lowest BCUT2D eigenvalue weighted by Crippen LogP contribution is -2.43. The highest BCUT2D eigenvalue weighted by molar-refractivity contribution is 7.89. The zero-order valence-corrected chi connectivity index (χ0v) is 20.7. The van der Waals surface area contributed by atoms with Crippen LogP contribution < -0.4 is 9.47 Å². The molecule has 10 nitrogen and oxygen atoms in total. The van der Waals surface area contributed by atoms with E-state index in [1.807, 2.05) is 24.3 Å². The summed E-state index contributed by atoms with van der Waals surface area (Å²) in [5.41, 5.74) is 0.778. The van der Waals surface area contributed by atoms with Gasteiger partial charge in [-0.05, 0) is 61.4 Å². The molecule has 1 amide bonds. The third-order valence-electron chi connectivity index (χ3n) is 6.07. The van der Waals surface area contributed by atoms with Crippen LogP contribution in [0.5, 0.6) is 11.5 Å². The van der Waals surface area contributed by atoms with Gasteiger partial charge in [-0.1, -0.05) is 5.16 Å². The predicted octanol–water partition coefficient (Wildman–Crippen LogP) is 2.81. The summed E-state index contributed by atoms with van der Waals surface area (Å²) in [6.45, 7) is 0.730. The van der Waals surface area contributed by atoms with Crippen molar-refractivity contribution >= 4 is 15.9 Å². The summed E-state index contributed by atoms with van der Waals surface area (Å²) in [5, 5.41) is 4.00. The standard InChI is InChI=1S/C24H28N4O6S/c1-27(16-22-25-23(26-34-22)17-4-6-19(32-2)7-5-17)24(29)18-12-14-28(15-13-18)35(30,31)21-10-8-20(33-3)9-11-21/h4-11,18H,12-16H2,1-3H3. The van der Waals surface area contributed by atoms with Crippen molar-refractivity contribution in [3.8, 4) is 22.9 Å². The fraction of sp³-hybridized carbons (Fsp3) is 0.375. The second kappa shape index (κ2) is 10.4. The van der Waals surface area contributed by atoms with Crippen LogP contribution >= 0.6 is 0 Å². The number of carbonyl (C=O) groups excluding carboxylic acids is 1. The third-order valence-corrected chi connectivity index (χ3v) is 7.98. The molecule has 1 aromatic heterocycles. The molecule has 35 heavy (non-hydrogen) atoms. The summed E-state index contributed by atoms with van der Waals surface area (Å²) in [6, 6.07) is 13.6.